The van der Waals surface area contributed by atoms with Gasteiger partial charge < -0.3 is 14.8 Å². The van der Waals surface area contributed by atoms with Crippen molar-refractivity contribution in [1.29, 1.82) is 0 Å². The van der Waals surface area contributed by atoms with Crippen LogP contribution in [0.3, 0.4) is 0 Å². The average molecular weight is 473 g/mol. The molecule has 0 unspecified atom stereocenters. The van der Waals surface area contributed by atoms with E-state index in [0.717, 1.165) is 17.4 Å². The highest BCUT2D eigenvalue weighted by molar-refractivity contribution is 7.99. The minimum absolute atomic E-state index is 0.0407. The van der Waals surface area contributed by atoms with E-state index in [9.17, 15) is 18.0 Å². The van der Waals surface area contributed by atoms with Gasteiger partial charge in [0.15, 0.2) is 11.8 Å². The van der Waals surface area contributed by atoms with Crippen LogP contribution in [0.2, 0.25) is 5.02 Å². The van der Waals surface area contributed by atoms with Crippen molar-refractivity contribution in [1.82, 2.24) is 14.8 Å². The molecule has 0 bridgehead atoms. The molecule has 31 heavy (non-hydrogen) atoms. The Hall–Kier alpha value is -2.92. The van der Waals surface area contributed by atoms with E-state index in [2.05, 4.69) is 15.5 Å². The van der Waals surface area contributed by atoms with E-state index in [4.69, 9.17) is 21.1 Å². The number of hydrogen-bond acceptors (Lipinski definition) is 6. The van der Waals surface area contributed by atoms with E-state index in [1.807, 2.05) is 12.1 Å². The highest BCUT2D eigenvalue weighted by Crippen LogP contribution is 2.30. The van der Waals surface area contributed by atoms with Crippen molar-refractivity contribution in [2.24, 2.45) is 0 Å². The molecule has 1 heterocycles. The first kappa shape index (κ1) is 22.8. The highest BCUT2D eigenvalue weighted by Gasteiger charge is 2.29. The first-order valence-electron chi connectivity index (χ1n) is 8.71. The number of anilines is 1. The van der Waals surface area contributed by atoms with Crippen molar-refractivity contribution in [3.8, 4) is 17.2 Å². The van der Waals surface area contributed by atoms with Gasteiger partial charge in [-0.05, 0) is 42.5 Å². The van der Waals surface area contributed by atoms with Gasteiger partial charge in [0.1, 0.15) is 17.8 Å². The number of halogens is 4. The number of nitrogens with zero attached hydrogens (tertiary/aromatic N) is 3. The summed E-state index contributed by atoms with van der Waals surface area (Å²) < 4.78 is 48.9. The zero-order valence-corrected chi connectivity index (χ0v) is 17.6. The molecule has 164 valence electrons. The second-order valence-electron chi connectivity index (χ2n) is 6.06. The number of rotatable bonds is 8. The lowest BCUT2D eigenvalue weighted by Gasteiger charge is -2.14. The Morgan fingerprint density at radius 3 is 2.65 bits per heavy atom. The summed E-state index contributed by atoms with van der Waals surface area (Å²) in [5.74, 6) is 0.00503. The Labute approximate surface area is 184 Å². The maximum Gasteiger partial charge on any atom is 0.422 e. The van der Waals surface area contributed by atoms with Gasteiger partial charge in [0.25, 0.3) is 0 Å². The van der Waals surface area contributed by atoms with E-state index in [1.54, 1.807) is 23.8 Å². The maximum absolute atomic E-state index is 12.4. The van der Waals surface area contributed by atoms with Gasteiger partial charge in [-0.25, -0.2) is 0 Å². The average Bonchev–Trinajstić information content (AvgIpc) is 3.20. The number of aromatic nitrogens is 3. The molecule has 0 radical (unpaired) electrons. The molecule has 0 saturated heterocycles. The zero-order valence-electron chi connectivity index (χ0n) is 16.0. The van der Waals surface area contributed by atoms with E-state index in [0.29, 0.717) is 10.9 Å². The molecule has 0 aliphatic carbocycles. The van der Waals surface area contributed by atoms with Crippen molar-refractivity contribution >= 4 is 35.0 Å². The standard InChI is InChI=1S/C19H16ClF3N4O3S/c1-29-14-5-3-13(4-6-14)27-11-24-26-18(27)31-9-17(28)25-15-8-12(20)2-7-16(15)30-10-19(21,22)23/h2-8,11H,9-10H2,1H3,(H,25,28). The number of hydrogen-bond donors (Lipinski definition) is 1. The van der Waals surface area contributed by atoms with Crippen LogP contribution in [0.15, 0.2) is 53.9 Å². The summed E-state index contributed by atoms with van der Waals surface area (Å²) in [4.78, 5) is 12.4. The summed E-state index contributed by atoms with van der Waals surface area (Å²) in [7, 11) is 1.56. The number of carbonyl (C=O) groups excluding carboxylic acids is 1. The van der Waals surface area contributed by atoms with Gasteiger partial charge in [-0.2, -0.15) is 13.2 Å². The molecule has 3 aromatic rings. The summed E-state index contributed by atoms with van der Waals surface area (Å²) in [6.07, 6.45) is -3.01. The molecule has 0 aliphatic rings. The Morgan fingerprint density at radius 2 is 1.97 bits per heavy atom. The Morgan fingerprint density at radius 1 is 1.23 bits per heavy atom. The van der Waals surface area contributed by atoms with E-state index in [1.165, 1.54) is 24.5 Å². The third-order valence-electron chi connectivity index (χ3n) is 3.81. The van der Waals surface area contributed by atoms with Crippen molar-refractivity contribution < 1.29 is 27.4 Å². The number of amides is 1. The second-order valence-corrected chi connectivity index (χ2v) is 7.44. The van der Waals surface area contributed by atoms with E-state index in [-0.39, 0.29) is 22.2 Å². The van der Waals surface area contributed by atoms with Crippen molar-refractivity contribution in [3.63, 3.8) is 0 Å². The molecule has 0 atom stereocenters. The SMILES string of the molecule is COc1ccc(-n2cnnc2SCC(=O)Nc2cc(Cl)ccc2OCC(F)(F)F)cc1. The lowest BCUT2D eigenvalue weighted by Crippen LogP contribution is -2.21. The molecule has 0 saturated carbocycles. The Bertz CT molecular complexity index is 1040. The number of benzene rings is 2. The van der Waals surface area contributed by atoms with Gasteiger partial charge in [-0.15, -0.1) is 10.2 Å². The number of alkyl halides is 3. The minimum atomic E-state index is -4.51. The lowest BCUT2D eigenvalue weighted by molar-refractivity contribution is -0.153. The number of ether oxygens (including phenoxy) is 2. The Kier molecular flexibility index (Phi) is 7.29. The maximum atomic E-state index is 12.4. The van der Waals surface area contributed by atoms with Crippen LogP contribution >= 0.6 is 23.4 Å². The third-order valence-corrected chi connectivity index (χ3v) is 4.98. The Balaban J connectivity index is 1.65. The van der Waals surface area contributed by atoms with Gasteiger partial charge in [0.05, 0.1) is 18.6 Å². The molecule has 2 aromatic carbocycles. The van der Waals surface area contributed by atoms with Gasteiger partial charge in [-0.1, -0.05) is 23.4 Å². The van der Waals surface area contributed by atoms with Crippen LogP contribution < -0.4 is 14.8 Å². The number of thioether (sulfide) groups is 1. The molecule has 1 aromatic heterocycles. The second kappa shape index (κ2) is 9.92. The molecule has 7 nitrogen and oxygen atoms in total. The number of carbonyl (C=O) groups is 1. The van der Waals surface area contributed by atoms with Crippen LogP contribution in [0.25, 0.3) is 5.69 Å². The fraction of sp³-hybridized carbons (Fsp3) is 0.211. The van der Waals surface area contributed by atoms with Gasteiger partial charge in [0, 0.05) is 10.7 Å². The molecule has 0 fully saturated rings. The summed E-state index contributed by atoms with van der Waals surface area (Å²) in [5.41, 5.74) is 0.811. The molecule has 1 N–H and O–H groups in total. The lowest BCUT2D eigenvalue weighted by atomic mass is 10.3. The van der Waals surface area contributed by atoms with Crippen LogP contribution in [-0.2, 0) is 4.79 Å². The fourth-order valence-electron chi connectivity index (χ4n) is 2.44. The van der Waals surface area contributed by atoms with Crippen LogP contribution in [-0.4, -0.2) is 46.3 Å². The summed E-state index contributed by atoms with van der Waals surface area (Å²) in [6.45, 7) is -1.49. The zero-order chi connectivity index (χ0) is 22.4. The van der Waals surface area contributed by atoms with E-state index >= 15 is 0 Å². The molecule has 1 amide bonds. The highest BCUT2D eigenvalue weighted by atomic mass is 35.5. The molecular weight excluding hydrogens is 457 g/mol. The van der Waals surface area contributed by atoms with Crippen LogP contribution in [0.1, 0.15) is 0 Å². The smallest absolute Gasteiger partial charge is 0.422 e. The third kappa shape index (κ3) is 6.53. The van der Waals surface area contributed by atoms with Crippen LogP contribution in [0, 0.1) is 0 Å². The normalized spacial score (nSPS) is 11.3. The topological polar surface area (TPSA) is 78.3 Å². The molecule has 0 aliphatic heterocycles. The van der Waals surface area contributed by atoms with Crippen molar-refractivity contribution in [3.05, 3.63) is 53.8 Å². The van der Waals surface area contributed by atoms with E-state index < -0.39 is 18.7 Å². The summed E-state index contributed by atoms with van der Waals surface area (Å²) in [6, 6.07) is 11.1. The van der Waals surface area contributed by atoms with Gasteiger partial charge in [0.2, 0.25) is 5.91 Å². The van der Waals surface area contributed by atoms with Gasteiger partial charge in [-0.3, -0.25) is 9.36 Å². The molecule has 3 rings (SSSR count). The first-order chi connectivity index (χ1) is 14.7. The van der Waals surface area contributed by atoms with Crippen LogP contribution in [0.5, 0.6) is 11.5 Å². The number of methoxy groups -OCH3 is 1. The van der Waals surface area contributed by atoms with Crippen molar-refractivity contribution in [2.75, 3.05) is 24.8 Å². The molecular formula is C19H16ClF3N4O3S. The fourth-order valence-corrected chi connectivity index (χ4v) is 3.35. The van der Waals surface area contributed by atoms with Crippen LogP contribution in [0.4, 0.5) is 18.9 Å². The number of nitrogens with one attached hydrogen (secondary N) is 1. The van der Waals surface area contributed by atoms with Crippen molar-refractivity contribution in [2.45, 2.75) is 11.3 Å². The predicted octanol–water partition coefficient (Wildman–Crippen LogP) is 4.60. The predicted molar refractivity (Wildman–Crippen MR) is 110 cm³/mol. The van der Waals surface area contributed by atoms with Gasteiger partial charge >= 0.3 is 6.18 Å². The monoisotopic (exact) mass is 472 g/mol. The minimum Gasteiger partial charge on any atom is -0.497 e. The molecule has 12 heteroatoms. The largest absolute Gasteiger partial charge is 0.497 e. The summed E-state index contributed by atoms with van der Waals surface area (Å²) >= 11 is 7.00. The molecule has 0 spiro atoms. The summed E-state index contributed by atoms with van der Waals surface area (Å²) in [5, 5.41) is 11.1. The first-order valence-corrected chi connectivity index (χ1v) is 10.1. The quantitative estimate of drug-likeness (QED) is 0.483.